The second kappa shape index (κ2) is 7.61. The topological polar surface area (TPSA) is 48.0 Å². The van der Waals surface area contributed by atoms with Gasteiger partial charge in [0.1, 0.15) is 5.75 Å². The van der Waals surface area contributed by atoms with Gasteiger partial charge in [0, 0.05) is 46.6 Å². The maximum absolute atomic E-state index is 12.4. The molecule has 1 fully saturated rings. The van der Waals surface area contributed by atoms with Crippen molar-refractivity contribution in [2.24, 2.45) is 0 Å². The van der Waals surface area contributed by atoms with E-state index in [4.69, 9.17) is 14.2 Å². The van der Waals surface area contributed by atoms with Crippen molar-refractivity contribution in [1.82, 2.24) is 4.90 Å². The first-order chi connectivity index (χ1) is 10.6. The molecule has 122 valence electrons. The van der Waals surface area contributed by atoms with Crippen LogP contribution in [0.3, 0.4) is 0 Å². The predicted molar refractivity (Wildman–Crippen MR) is 83.9 cm³/mol. The molecule has 0 aromatic heterocycles. The fourth-order valence-corrected chi connectivity index (χ4v) is 2.90. The smallest absolute Gasteiger partial charge is 0.222 e. The third-order valence-corrected chi connectivity index (χ3v) is 4.42. The summed E-state index contributed by atoms with van der Waals surface area (Å²) in [5, 5.41) is 0. The minimum Gasteiger partial charge on any atom is -0.496 e. The van der Waals surface area contributed by atoms with Crippen molar-refractivity contribution < 1.29 is 19.0 Å². The SMILES string of the molecule is COc1ccccc1CCC(=O)N1CCC(OC)(OC)CC1. The highest BCUT2D eigenvalue weighted by Gasteiger charge is 2.35. The molecular formula is C17H25NO4. The van der Waals surface area contributed by atoms with Gasteiger partial charge in [-0.3, -0.25) is 4.79 Å². The molecule has 1 aliphatic rings. The molecule has 0 saturated carbocycles. The van der Waals surface area contributed by atoms with E-state index < -0.39 is 5.79 Å². The summed E-state index contributed by atoms with van der Waals surface area (Å²) in [6, 6.07) is 7.83. The van der Waals surface area contributed by atoms with Crippen LogP contribution in [0.5, 0.6) is 5.75 Å². The van der Waals surface area contributed by atoms with Gasteiger partial charge in [0.05, 0.1) is 7.11 Å². The number of hydrogen-bond donors (Lipinski definition) is 0. The van der Waals surface area contributed by atoms with Crippen LogP contribution in [0, 0.1) is 0 Å². The quantitative estimate of drug-likeness (QED) is 0.756. The molecule has 0 unspecified atom stereocenters. The van der Waals surface area contributed by atoms with E-state index in [-0.39, 0.29) is 5.91 Å². The lowest BCUT2D eigenvalue weighted by atomic mass is 10.0. The maximum atomic E-state index is 12.4. The summed E-state index contributed by atoms with van der Waals surface area (Å²) in [7, 11) is 4.96. The van der Waals surface area contributed by atoms with Crippen LogP contribution >= 0.6 is 0 Å². The Balaban J connectivity index is 1.86. The average molecular weight is 307 g/mol. The molecule has 5 heteroatoms. The normalized spacial score (nSPS) is 17.3. The molecule has 1 heterocycles. The predicted octanol–water partition coefficient (Wildman–Crippen LogP) is 2.24. The Morgan fingerprint density at radius 2 is 1.77 bits per heavy atom. The van der Waals surface area contributed by atoms with Gasteiger partial charge in [-0.2, -0.15) is 0 Å². The highest BCUT2D eigenvalue weighted by Crippen LogP contribution is 2.27. The molecule has 5 nitrogen and oxygen atoms in total. The molecule has 1 amide bonds. The van der Waals surface area contributed by atoms with Crippen LogP contribution in [0.25, 0.3) is 0 Å². The number of hydrogen-bond acceptors (Lipinski definition) is 4. The van der Waals surface area contributed by atoms with Crippen LogP contribution in [-0.4, -0.2) is 51.0 Å². The lowest BCUT2D eigenvalue weighted by Gasteiger charge is -2.39. The van der Waals surface area contributed by atoms with Crippen molar-refractivity contribution in [3.05, 3.63) is 29.8 Å². The monoisotopic (exact) mass is 307 g/mol. The molecule has 0 N–H and O–H groups in total. The van der Waals surface area contributed by atoms with Crippen LogP contribution in [0.4, 0.5) is 0 Å². The number of piperidine rings is 1. The number of aryl methyl sites for hydroxylation is 1. The lowest BCUT2D eigenvalue weighted by Crippen LogP contribution is -2.48. The number of amides is 1. The number of benzene rings is 1. The Hall–Kier alpha value is -1.59. The third-order valence-electron chi connectivity index (χ3n) is 4.42. The fourth-order valence-electron chi connectivity index (χ4n) is 2.90. The van der Waals surface area contributed by atoms with Crippen LogP contribution in [0.1, 0.15) is 24.8 Å². The zero-order chi connectivity index (χ0) is 16.0. The number of carbonyl (C=O) groups excluding carboxylic acids is 1. The Kier molecular flexibility index (Phi) is 5.80. The van der Waals surface area contributed by atoms with Crippen molar-refractivity contribution in [2.45, 2.75) is 31.5 Å². The van der Waals surface area contributed by atoms with Gasteiger partial charge in [0.15, 0.2) is 5.79 Å². The zero-order valence-corrected chi connectivity index (χ0v) is 13.6. The summed E-state index contributed by atoms with van der Waals surface area (Å²) in [5.41, 5.74) is 1.07. The number of ether oxygens (including phenoxy) is 3. The molecule has 0 atom stereocenters. The van der Waals surface area contributed by atoms with E-state index in [1.165, 1.54) is 0 Å². The molecule has 22 heavy (non-hydrogen) atoms. The molecule has 0 bridgehead atoms. The third kappa shape index (κ3) is 3.78. The van der Waals surface area contributed by atoms with E-state index in [2.05, 4.69) is 0 Å². The van der Waals surface area contributed by atoms with Gasteiger partial charge in [0.2, 0.25) is 5.91 Å². The molecule has 1 aromatic carbocycles. The van der Waals surface area contributed by atoms with Crippen molar-refractivity contribution in [3.8, 4) is 5.75 Å². The maximum Gasteiger partial charge on any atom is 0.222 e. The number of carbonyl (C=O) groups is 1. The van der Waals surface area contributed by atoms with Gasteiger partial charge < -0.3 is 19.1 Å². The molecule has 2 rings (SSSR count). The van der Waals surface area contributed by atoms with E-state index in [1.807, 2.05) is 29.2 Å². The molecular weight excluding hydrogens is 282 g/mol. The zero-order valence-electron chi connectivity index (χ0n) is 13.6. The number of nitrogens with zero attached hydrogens (tertiary/aromatic N) is 1. The Labute approximate surface area is 132 Å². The Morgan fingerprint density at radius 1 is 1.14 bits per heavy atom. The van der Waals surface area contributed by atoms with Crippen molar-refractivity contribution >= 4 is 5.91 Å². The molecule has 1 aliphatic heterocycles. The molecule has 1 saturated heterocycles. The lowest BCUT2D eigenvalue weighted by molar-refractivity contribution is -0.228. The van der Waals surface area contributed by atoms with E-state index in [0.29, 0.717) is 38.8 Å². The van der Waals surface area contributed by atoms with E-state index in [0.717, 1.165) is 11.3 Å². The van der Waals surface area contributed by atoms with Crippen molar-refractivity contribution in [3.63, 3.8) is 0 Å². The van der Waals surface area contributed by atoms with Gasteiger partial charge in [-0.15, -0.1) is 0 Å². The largest absolute Gasteiger partial charge is 0.496 e. The molecule has 1 aromatic rings. The number of likely N-dealkylation sites (tertiary alicyclic amines) is 1. The fraction of sp³-hybridized carbons (Fsp3) is 0.588. The summed E-state index contributed by atoms with van der Waals surface area (Å²) in [4.78, 5) is 14.3. The highest BCUT2D eigenvalue weighted by molar-refractivity contribution is 5.76. The molecule has 0 aliphatic carbocycles. The van der Waals surface area contributed by atoms with E-state index in [1.54, 1.807) is 21.3 Å². The second-order valence-corrected chi connectivity index (χ2v) is 5.51. The Morgan fingerprint density at radius 3 is 2.36 bits per heavy atom. The van der Waals surface area contributed by atoms with E-state index >= 15 is 0 Å². The second-order valence-electron chi connectivity index (χ2n) is 5.51. The summed E-state index contributed by atoms with van der Waals surface area (Å²) < 4.78 is 16.2. The Bertz CT molecular complexity index is 489. The van der Waals surface area contributed by atoms with Crippen LogP contribution in [0.2, 0.25) is 0 Å². The van der Waals surface area contributed by atoms with Gasteiger partial charge in [0.25, 0.3) is 0 Å². The van der Waals surface area contributed by atoms with Gasteiger partial charge in [-0.05, 0) is 18.1 Å². The molecule has 0 radical (unpaired) electrons. The standard InChI is InChI=1S/C17H25NO4/c1-20-15-7-5-4-6-14(15)8-9-16(19)18-12-10-17(21-2,22-3)11-13-18/h4-7H,8-13H2,1-3H3. The first kappa shape index (κ1) is 16.8. The summed E-state index contributed by atoms with van der Waals surface area (Å²) in [6.07, 6.45) is 2.60. The minimum absolute atomic E-state index is 0.173. The van der Waals surface area contributed by atoms with Crippen LogP contribution in [0.15, 0.2) is 24.3 Å². The van der Waals surface area contributed by atoms with Gasteiger partial charge >= 0.3 is 0 Å². The van der Waals surface area contributed by atoms with E-state index in [9.17, 15) is 4.79 Å². The number of methoxy groups -OCH3 is 3. The van der Waals surface area contributed by atoms with Crippen molar-refractivity contribution in [1.29, 1.82) is 0 Å². The average Bonchev–Trinajstić information content (AvgIpc) is 2.60. The van der Waals surface area contributed by atoms with Crippen LogP contribution < -0.4 is 4.74 Å². The van der Waals surface area contributed by atoms with Gasteiger partial charge in [-0.1, -0.05) is 18.2 Å². The number of rotatable bonds is 6. The highest BCUT2D eigenvalue weighted by atomic mass is 16.7. The summed E-state index contributed by atoms with van der Waals surface area (Å²) >= 11 is 0. The first-order valence-corrected chi connectivity index (χ1v) is 7.64. The van der Waals surface area contributed by atoms with Gasteiger partial charge in [-0.25, -0.2) is 0 Å². The molecule has 0 spiro atoms. The first-order valence-electron chi connectivity index (χ1n) is 7.64. The summed E-state index contributed by atoms with van der Waals surface area (Å²) in [5.74, 6) is 0.484. The minimum atomic E-state index is -0.528. The number of para-hydroxylation sites is 1. The van der Waals surface area contributed by atoms with Crippen molar-refractivity contribution in [2.75, 3.05) is 34.4 Å². The summed E-state index contributed by atoms with van der Waals surface area (Å²) in [6.45, 7) is 1.35. The van der Waals surface area contributed by atoms with Crippen LogP contribution in [-0.2, 0) is 20.7 Å².